The first-order valence-electron chi connectivity index (χ1n) is 17.4. The van der Waals surface area contributed by atoms with E-state index in [2.05, 4.69) is 5.32 Å². The van der Waals surface area contributed by atoms with Crippen LogP contribution in [0.15, 0.2) is 24.3 Å². The predicted octanol–water partition coefficient (Wildman–Crippen LogP) is 4.60. The van der Waals surface area contributed by atoms with Crippen molar-refractivity contribution in [2.75, 3.05) is 20.2 Å². The topological polar surface area (TPSA) is 149 Å². The lowest BCUT2D eigenvalue weighted by molar-refractivity contribution is -0.155. The third kappa shape index (κ3) is 11.6. The molecule has 272 valence electrons. The quantitative estimate of drug-likeness (QED) is 0.169. The van der Waals surface area contributed by atoms with Gasteiger partial charge in [-0.1, -0.05) is 52.0 Å². The second kappa shape index (κ2) is 17.6. The lowest BCUT2D eigenvalue weighted by Gasteiger charge is -2.31. The number of amides is 3. The Balaban J connectivity index is 1.61. The minimum absolute atomic E-state index is 0.00242. The van der Waals surface area contributed by atoms with Crippen molar-refractivity contribution in [1.82, 2.24) is 15.1 Å². The van der Waals surface area contributed by atoms with Gasteiger partial charge in [0.2, 0.25) is 11.8 Å². The number of nitrogens with zero attached hydrogens (tertiary/aromatic N) is 2. The Hall–Kier alpha value is -3.96. The highest BCUT2D eigenvalue weighted by Crippen LogP contribution is 2.27. The molecule has 0 aromatic heterocycles. The summed E-state index contributed by atoms with van der Waals surface area (Å²) in [6.07, 6.45) is 0.973. The molecule has 0 radical (unpaired) electrons. The molecule has 0 bridgehead atoms. The van der Waals surface area contributed by atoms with E-state index in [-0.39, 0.29) is 55.8 Å². The minimum atomic E-state index is -0.988. The van der Waals surface area contributed by atoms with Crippen molar-refractivity contribution in [3.05, 3.63) is 35.4 Å². The molecule has 1 aromatic rings. The molecular weight excluding hydrogens is 630 g/mol. The van der Waals surface area contributed by atoms with Gasteiger partial charge in [0.05, 0.1) is 13.7 Å². The van der Waals surface area contributed by atoms with Crippen LogP contribution in [-0.2, 0) is 51.1 Å². The first-order valence-corrected chi connectivity index (χ1v) is 17.4. The molecule has 12 heteroatoms. The number of unbranched alkanes of at least 4 members (excludes halogenated alkanes) is 1. The number of esters is 2. The fraction of sp³-hybridized carbons (Fsp3) is 0.676. The molecule has 0 saturated carbocycles. The first kappa shape index (κ1) is 39.5. The molecule has 2 aliphatic heterocycles. The van der Waals surface area contributed by atoms with Gasteiger partial charge >= 0.3 is 18.0 Å². The number of nitrogens with one attached hydrogen (secondary N) is 1. The van der Waals surface area contributed by atoms with E-state index in [1.54, 1.807) is 39.5 Å². The van der Waals surface area contributed by atoms with Crippen molar-refractivity contribution in [3.63, 3.8) is 0 Å². The summed E-state index contributed by atoms with van der Waals surface area (Å²) in [5, 5.41) is 2.87. The van der Waals surface area contributed by atoms with Crippen LogP contribution in [-0.4, -0.2) is 89.4 Å². The van der Waals surface area contributed by atoms with E-state index in [1.807, 2.05) is 38.1 Å². The second-order valence-corrected chi connectivity index (χ2v) is 14.8. The van der Waals surface area contributed by atoms with Crippen molar-refractivity contribution < 1.29 is 43.0 Å². The number of fused-ring (bicyclic) bond motifs is 1. The summed E-state index contributed by atoms with van der Waals surface area (Å²) in [6, 6.07) is 5.95. The van der Waals surface area contributed by atoms with Crippen LogP contribution in [0, 0.1) is 17.8 Å². The van der Waals surface area contributed by atoms with E-state index < -0.39 is 53.6 Å². The maximum atomic E-state index is 14.0. The van der Waals surface area contributed by atoms with Crippen LogP contribution in [0.4, 0.5) is 4.79 Å². The lowest BCUT2D eigenvalue weighted by Crippen LogP contribution is -2.55. The van der Waals surface area contributed by atoms with E-state index in [0.717, 1.165) is 5.56 Å². The highest BCUT2D eigenvalue weighted by molar-refractivity contribution is 5.93. The maximum Gasteiger partial charge on any atom is 0.410 e. The minimum Gasteiger partial charge on any atom is -0.467 e. The van der Waals surface area contributed by atoms with Crippen molar-refractivity contribution >= 4 is 35.6 Å². The molecule has 0 unspecified atom stereocenters. The summed E-state index contributed by atoms with van der Waals surface area (Å²) in [7, 11) is 1.24. The predicted molar refractivity (Wildman–Crippen MR) is 182 cm³/mol. The van der Waals surface area contributed by atoms with Crippen LogP contribution in [0.1, 0.15) is 98.1 Å². The molecule has 4 atom stereocenters. The summed E-state index contributed by atoms with van der Waals surface area (Å²) >= 11 is 0. The molecule has 12 nitrogen and oxygen atoms in total. The number of benzene rings is 1. The van der Waals surface area contributed by atoms with Gasteiger partial charge in [-0.05, 0) is 63.0 Å². The second-order valence-electron chi connectivity index (χ2n) is 14.8. The molecule has 49 heavy (non-hydrogen) atoms. The third-order valence-corrected chi connectivity index (χ3v) is 9.00. The number of ether oxygens (including phenoxy) is 3. The molecule has 1 N–H and O–H groups in total. The number of hydrogen-bond donors (Lipinski definition) is 1. The molecule has 0 spiro atoms. The van der Waals surface area contributed by atoms with Gasteiger partial charge in [-0.25, -0.2) is 9.59 Å². The summed E-state index contributed by atoms with van der Waals surface area (Å²) in [5.41, 5.74) is 1.68. The third-order valence-electron chi connectivity index (χ3n) is 9.00. The van der Waals surface area contributed by atoms with Crippen molar-refractivity contribution in [1.29, 1.82) is 0 Å². The number of hydrogen-bond acceptors (Lipinski definition) is 9. The Kier molecular flexibility index (Phi) is 14.2. The molecule has 3 rings (SSSR count). The van der Waals surface area contributed by atoms with Gasteiger partial charge in [0.15, 0.2) is 0 Å². The van der Waals surface area contributed by atoms with Gasteiger partial charge in [0.25, 0.3) is 0 Å². The zero-order chi connectivity index (χ0) is 36.5. The molecule has 1 saturated heterocycles. The number of carbonyl (C=O) groups is 6. The van der Waals surface area contributed by atoms with E-state index in [4.69, 9.17) is 14.2 Å². The highest BCUT2D eigenvalue weighted by Gasteiger charge is 2.45. The average molecular weight is 686 g/mol. The van der Waals surface area contributed by atoms with Crippen molar-refractivity contribution in [2.24, 2.45) is 17.8 Å². The van der Waals surface area contributed by atoms with E-state index >= 15 is 0 Å². The van der Waals surface area contributed by atoms with Crippen LogP contribution in [0.25, 0.3) is 0 Å². The maximum absolute atomic E-state index is 14.0. The van der Waals surface area contributed by atoms with E-state index in [0.29, 0.717) is 32.4 Å². The van der Waals surface area contributed by atoms with Crippen molar-refractivity contribution in [3.8, 4) is 0 Å². The summed E-state index contributed by atoms with van der Waals surface area (Å²) in [6.45, 7) is 13.6. The number of methoxy groups -OCH3 is 1. The fourth-order valence-electron chi connectivity index (χ4n) is 6.27. The van der Waals surface area contributed by atoms with Gasteiger partial charge in [0, 0.05) is 44.7 Å². The molecule has 2 heterocycles. The van der Waals surface area contributed by atoms with Crippen LogP contribution in [0.5, 0.6) is 0 Å². The molecular formula is C37H55N3O9. The molecule has 2 aliphatic rings. The van der Waals surface area contributed by atoms with Gasteiger partial charge in [-0.2, -0.15) is 0 Å². The monoisotopic (exact) mass is 685 g/mol. The Labute approximate surface area is 290 Å². The lowest BCUT2D eigenvalue weighted by atomic mass is 9.88. The van der Waals surface area contributed by atoms with Crippen LogP contribution < -0.4 is 5.32 Å². The molecule has 1 fully saturated rings. The van der Waals surface area contributed by atoms with Gasteiger partial charge in [-0.15, -0.1) is 0 Å². The molecule has 1 aromatic carbocycles. The Morgan fingerprint density at radius 3 is 2.20 bits per heavy atom. The fourth-order valence-corrected chi connectivity index (χ4v) is 6.27. The normalized spacial score (nSPS) is 18.8. The number of likely N-dealkylation sites (tertiary alicyclic amines) is 1. The number of Topliss-reactive ketones (excluding diaryl/α,β-unsaturated/α-hetero) is 1. The summed E-state index contributed by atoms with van der Waals surface area (Å²) in [5.74, 6) is -3.16. The van der Waals surface area contributed by atoms with E-state index in [1.165, 1.54) is 17.6 Å². The standard InChI is InChI=1S/C37H55N3O9/c1-23(2)29(19-27(41)15-11-12-16-31(42)49-37(5,6)7)33(43)38-32(24(3)4)34(44)40-22-28(20-30(40)35(45)47-8)48-36(46)39-18-17-25-13-9-10-14-26(25)21-39/h9-10,13-14,23-24,28-30,32H,11-12,15-22H2,1-8H3,(H,38,43)/t28-,29+,30+,32+/m1/s1. The van der Waals surface area contributed by atoms with Gasteiger partial charge < -0.3 is 29.3 Å². The van der Waals surface area contributed by atoms with Crippen LogP contribution in [0.2, 0.25) is 0 Å². The summed E-state index contributed by atoms with van der Waals surface area (Å²) < 4.78 is 16.1. The Morgan fingerprint density at radius 1 is 0.939 bits per heavy atom. The highest BCUT2D eigenvalue weighted by atomic mass is 16.6. The van der Waals surface area contributed by atoms with E-state index in [9.17, 15) is 28.8 Å². The van der Waals surface area contributed by atoms with Gasteiger partial charge in [0.1, 0.15) is 29.6 Å². The average Bonchev–Trinajstić information content (AvgIpc) is 3.46. The summed E-state index contributed by atoms with van der Waals surface area (Å²) in [4.78, 5) is 81.4. The van der Waals surface area contributed by atoms with Gasteiger partial charge in [-0.3, -0.25) is 19.2 Å². The van der Waals surface area contributed by atoms with Crippen molar-refractivity contribution in [2.45, 2.75) is 124 Å². The Bertz CT molecular complexity index is 1350. The van der Waals surface area contributed by atoms with Crippen LogP contribution in [0.3, 0.4) is 0 Å². The zero-order valence-electron chi connectivity index (χ0n) is 30.4. The largest absolute Gasteiger partial charge is 0.467 e. The zero-order valence-corrected chi connectivity index (χ0v) is 30.4. The Morgan fingerprint density at radius 2 is 1.59 bits per heavy atom. The smallest absolute Gasteiger partial charge is 0.410 e. The number of ketones is 1. The first-order chi connectivity index (χ1) is 23.0. The number of carbonyl (C=O) groups excluding carboxylic acids is 6. The number of rotatable bonds is 14. The molecule has 0 aliphatic carbocycles. The SMILES string of the molecule is COC(=O)[C@@H]1C[C@@H](OC(=O)N2CCc3ccccc3C2)CN1C(=O)[C@@H](NC(=O)[C@@H](CC(=O)CCCCC(=O)OC(C)(C)C)C(C)C)C(C)C. The molecule has 3 amide bonds. The van der Waals surface area contributed by atoms with Crippen LogP contribution >= 0.6 is 0 Å².